The number of carboxylic acids is 1. The van der Waals surface area contributed by atoms with Crippen LogP contribution in [0.3, 0.4) is 0 Å². The van der Waals surface area contributed by atoms with E-state index >= 15 is 0 Å². The van der Waals surface area contributed by atoms with Crippen LogP contribution in [-0.4, -0.2) is 509 Å². The van der Waals surface area contributed by atoms with Gasteiger partial charge in [-0.2, -0.15) is 0 Å². The molecule has 0 aromatic heterocycles. The lowest BCUT2D eigenvalue weighted by atomic mass is 9.88. The summed E-state index contributed by atoms with van der Waals surface area (Å²) in [6, 6.07) is -8.78. The van der Waals surface area contributed by atoms with Crippen molar-refractivity contribution in [2.75, 3.05) is 59.5 Å². The molecule has 31 N–H and O–H groups in total. The summed E-state index contributed by atoms with van der Waals surface area (Å²) >= 11 is 0. The molecule has 0 unspecified atom stereocenters. The van der Waals surface area contributed by atoms with E-state index in [-0.39, 0.29) is 0 Å². The van der Waals surface area contributed by atoms with E-state index in [2.05, 4.69) is 26.6 Å². The summed E-state index contributed by atoms with van der Waals surface area (Å²) in [5, 5.41) is 300. The van der Waals surface area contributed by atoms with E-state index < -0.39 is 383 Å². The molecule has 0 aromatic rings. The molecule has 5 amide bonds. The van der Waals surface area contributed by atoms with E-state index in [1.807, 2.05) is 0 Å². The zero-order valence-corrected chi connectivity index (χ0v) is 65.1. The first-order chi connectivity index (χ1) is 57.0. The Balaban J connectivity index is 0.937. The Labute approximate surface area is 684 Å². The van der Waals surface area contributed by atoms with Crippen LogP contribution in [0.25, 0.3) is 0 Å². The first-order valence-electron chi connectivity index (χ1n) is 38.2. The summed E-state index contributed by atoms with van der Waals surface area (Å²) in [6.07, 6.45) is -85.0. The number of amides is 5. The van der Waals surface area contributed by atoms with Gasteiger partial charge in [0, 0.05) is 41.0 Å². The maximum absolute atomic E-state index is 12.9. The molecule has 0 bridgehead atoms. The second kappa shape index (κ2) is 43.3. The number of carbonyl (C=O) groups excluding carboxylic acids is 5. The molecular weight excluding hydrogens is 1660 g/mol. The molecule has 9 fully saturated rings. The van der Waals surface area contributed by atoms with Crippen molar-refractivity contribution < 1.29 is 242 Å². The summed E-state index contributed by atoms with van der Waals surface area (Å²) in [6.45, 7) is -5.27. The standard InChI is InChI=1S/C67H111N5O49/c1-16(80)68-31-21(85)6-67(66(103)104,121-56(31)36(87)22(86)7-73)106-15-30-38(89)44(95)47(98)63(114-30)118-52-25(10-76)110-61(35(42(52)93)72-20(5)84)117-54-27(12-78)111-62(48(99)45(54)96)105-14-29-39(90)57(120-64-49(100)46(97)55(28(13-79)112-64)116-59-33(70-18(3)82)40(91)37(88)23(8-74)108-59)50(101)65(113-29)119-53-26(11-77)109-60(34(43(53)94)71-19(4)83)115-51-24(9-75)107-58(102)32(41(51)92)69-17(2)81/h21-65,73-79,85-102H,6-15H2,1-5H3,(H,68,80)(H,69,81)(H,70,82)(H,71,83)(H,72,84)(H,103,104)/t21-,22+,23+,24+,25+,26+,27+,28+,29+,30+,31+,32+,33+,34+,35+,36+,37+,38-,39+,40+,41+,42+,43+,44-,45+,46+,47+,48-,49-,50-,51+,52+,53+,54+,55+,56+,57-,58+,59-,60-,61-,62-,63-,64+,65-,67+/m0/s1. The van der Waals surface area contributed by atoms with Gasteiger partial charge < -0.3 is 240 Å². The van der Waals surface area contributed by atoms with E-state index in [0.29, 0.717) is 0 Å². The summed E-state index contributed by atoms with van der Waals surface area (Å²) in [5.74, 6) is -9.39. The van der Waals surface area contributed by atoms with Crippen LogP contribution in [-0.2, 0) is 109 Å². The van der Waals surface area contributed by atoms with Crippen molar-refractivity contribution in [1.29, 1.82) is 0 Å². The van der Waals surface area contributed by atoms with Crippen LogP contribution in [0.1, 0.15) is 41.0 Å². The predicted octanol–water partition coefficient (Wildman–Crippen LogP) is -20.7. The second-order valence-electron chi connectivity index (χ2n) is 30.4. The Bertz CT molecular complexity index is 3340. The van der Waals surface area contributed by atoms with Crippen molar-refractivity contribution in [2.45, 2.75) is 323 Å². The molecule has 54 nitrogen and oxygen atoms in total. The fourth-order valence-corrected chi connectivity index (χ4v) is 15.5. The van der Waals surface area contributed by atoms with Gasteiger partial charge in [-0.1, -0.05) is 0 Å². The minimum Gasteiger partial charge on any atom is -0.477 e. The van der Waals surface area contributed by atoms with Crippen LogP contribution in [0.2, 0.25) is 0 Å². The number of rotatable bonds is 33. The molecule has 54 heteroatoms. The number of hydrogen-bond donors (Lipinski definition) is 31. The SMILES string of the molecule is CC(=O)N[C@@H]1[C@@H](O)[C@H](O[C@@H]2O[C@H](CO)[C@@H](O[C@@H]3O[C@H](CO[C@H]4O[C@H](CO)[C@@H](O[C@@H]5O[C@H](CO)[C@@H](O[C@@H]6O[C@H](CO[C@]7(C(=O)O)C[C@H](O)[C@@H](NC(C)=O)[C@H]([C@H](O)[C@H](O)CO)O7)[C@H](O)[C@H](O)[C@H]6O)[C@H](O)[C@H]5NC(C)=O)[C@H](O)[C@@H]4O)[C@@H](O)[C@H](O[C@H]4O[C@H](CO)[C@@H](O[C@@H]5O[C@H](CO)[C@@H](O)[C@H](O)[C@H]5NC(C)=O)[C@H](O)[C@@H]4O)[C@@H]3O)[C@H](O)[C@H]2NC(C)=O)[C@@H](CO)O[C@H]1O. The number of ether oxygens (including phenoxy) is 17. The van der Waals surface area contributed by atoms with Crippen molar-refractivity contribution in [2.24, 2.45) is 0 Å². The predicted molar refractivity (Wildman–Crippen MR) is 372 cm³/mol. The van der Waals surface area contributed by atoms with Gasteiger partial charge in [0.25, 0.3) is 5.79 Å². The van der Waals surface area contributed by atoms with Crippen LogP contribution < -0.4 is 26.6 Å². The number of carboxylic acid groups (broad SMARTS) is 1. The molecule has 0 saturated carbocycles. The van der Waals surface area contributed by atoms with E-state index in [4.69, 9.17) is 80.5 Å². The van der Waals surface area contributed by atoms with Crippen LogP contribution in [0.15, 0.2) is 0 Å². The molecule has 9 saturated heterocycles. The van der Waals surface area contributed by atoms with Crippen LogP contribution in [0.5, 0.6) is 0 Å². The third-order valence-electron chi connectivity index (χ3n) is 21.7. The molecule has 46 atom stereocenters. The maximum atomic E-state index is 12.9. The Hall–Kier alpha value is -4.86. The number of carbonyl (C=O) groups is 6. The van der Waals surface area contributed by atoms with Gasteiger partial charge in [0.05, 0.1) is 71.6 Å². The highest BCUT2D eigenvalue weighted by atomic mass is 16.8. The topological polar surface area (TPSA) is 845 Å². The number of hydrogen-bond acceptors (Lipinski definition) is 48. The average Bonchev–Trinajstić information content (AvgIpc) is 0.770. The van der Waals surface area contributed by atoms with E-state index in [0.717, 1.165) is 34.6 Å². The van der Waals surface area contributed by atoms with E-state index in [1.54, 1.807) is 0 Å². The monoisotopic (exact) mass is 1770 g/mol. The molecule has 121 heavy (non-hydrogen) atoms. The Morgan fingerprint density at radius 2 is 0.661 bits per heavy atom. The number of aliphatic hydroxyl groups is 25. The molecule has 9 aliphatic rings. The third-order valence-corrected chi connectivity index (χ3v) is 21.7. The smallest absolute Gasteiger partial charge is 0.364 e. The summed E-state index contributed by atoms with van der Waals surface area (Å²) < 4.78 is 99.2. The minimum atomic E-state index is -3.05. The number of aliphatic carboxylic acids is 1. The van der Waals surface area contributed by atoms with Gasteiger partial charge in [-0.25, -0.2) is 4.79 Å². The molecule has 0 aliphatic carbocycles. The maximum Gasteiger partial charge on any atom is 0.364 e. The first kappa shape index (κ1) is 99.9. The molecule has 9 heterocycles. The third kappa shape index (κ3) is 22.5. The van der Waals surface area contributed by atoms with Gasteiger partial charge in [-0.05, 0) is 0 Å². The Morgan fingerprint density at radius 1 is 0.339 bits per heavy atom. The lowest BCUT2D eigenvalue weighted by Crippen LogP contribution is -2.70. The minimum absolute atomic E-state index is 0.781. The fourth-order valence-electron chi connectivity index (χ4n) is 15.5. The van der Waals surface area contributed by atoms with Gasteiger partial charge in [0.15, 0.2) is 50.3 Å². The van der Waals surface area contributed by atoms with Crippen molar-refractivity contribution in [1.82, 2.24) is 26.6 Å². The first-order valence-corrected chi connectivity index (χ1v) is 38.2. The van der Waals surface area contributed by atoms with Crippen LogP contribution in [0.4, 0.5) is 0 Å². The average molecular weight is 1770 g/mol. The normalized spacial score (nSPS) is 46.6. The summed E-state index contributed by atoms with van der Waals surface area (Å²) in [4.78, 5) is 75.2. The largest absolute Gasteiger partial charge is 0.477 e. The van der Waals surface area contributed by atoms with Gasteiger partial charge in [-0.15, -0.1) is 0 Å². The van der Waals surface area contributed by atoms with Gasteiger partial charge in [-0.3, -0.25) is 24.0 Å². The lowest BCUT2D eigenvalue weighted by Gasteiger charge is -2.50. The van der Waals surface area contributed by atoms with Crippen molar-refractivity contribution in [3.05, 3.63) is 0 Å². The highest BCUT2D eigenvalue weighted by Crippen LogP contribution is 2.41. The molecule has 0 radical (unpaired) electrons. The molecule has 9 rings (SSSR count). The molecule has 698 valence electrons. The number of aliphatic hydroxyl groups excluding tert-OH is 25. The molecule has 0 aromatic carbocycles. The van der Waals surface area contributed by atoms with Gasteiger partial charge >= 0.3 is 5.97 Å². The van der Waals surface area contributed by atoms with E-state index in [1.165, 1.54) is 0 Å². The summed E-state index contributed by atoms with van der Waals surface area (Å²) in [7, 11) is 0. The summed E-state index contributed by atoms with van der Waals surface area (Å²) in [5.41, 5.74) is 0. The Kier molecular flexibility index (Phi) is 35.7. The quantitative estimate of drug-likeness (QED) is 0.0290. The van der Waals surface area contributed by atoms with Gasteiger partial charge in [0.1, 0.15) is 213 Å². The highest BCUT2D eigenvalue weighted by molar-refractivity contribution is 5.77. The van der Waals surface area contributed by atoms with Crippen molar-refractivity contribution >= 4 is 35.5 Å². The van der Waals surface area contributed by atoms with E-state index in [9.17, 15) is 162 Å². The van der Waals surface area contributed by atoms with Gasteiger partial charge in [0.2, 0.25) is 29.5 Å². The highest BCUT2D eigenvalue weighted by Gasteiger charge is 2.62. The lowest BCUT2D eigenvalue weighted by molar-refractivity contribution is -0.391. The zero-order valence-electron chi connectivity index (χ0n) is 65.1. The Morgan fingerprint density at radius 3 is 1.09 bits per heavy atom. The molecule has 0 spiro atoms. The molecule has 9 aliphatic heterocycles. The number of nitrogens with one attached hydrogen (secondary N) is 5. The zero-order chi connectivity index (χ0) is 89.6. The van der Waals surface area contributed by atoms with Crippen molar-refractivity contribution in [3.8, 4) is 0 Å². The molecular formula is C67H111N5O49. The van der Waals surface area contributed by atoms with Crippen LogP contribution in [0, 0.1) is 0 Å². The van der Waals surface area contributed by atoms with Crippen LogP contribution >= 0.6 is 0 Å². The van der Waals surface area contributed by atoms with Crippen molar-refractivity contribution in [3.63, 3.8) is 0 Å². The second-order valence-corrected chi connectivity index (χ2v) is 30.4. The fraction of sp³-hybridized carbons (Fsp3) is 0.910.